The number of carboxylic acids is 2. The van der Waals surface area contributed by atoms with Crippen LogP contribution in [0, 0.1) is 11.3 Å². The summed E-state index contributed by atoms with van der Waals surface area (Å²) in [6, 6.07) is 3.05. The van der Waals surface area contributed by atoms with Crippen LogP contribution in [0.5, 0.6) is 0 Å². The number of aliphatic carboxylic acids is 2. The third-order valence-electron chi connectivity index (χ3n) is 3.66. The number of hydrogen-bond donors (Lipinski definition) is 7. The second-order valence-electron chi connectivity index (χ2n) is 6.31. The lowest BCUT2D eigenvalue weighted by atomic mass is 10.0. The molecule has 0 unspecified atom stereocenters. The number of amides is 2. The molecular weight excluding hydrogens is 370 g/mol. The molecule has 0 aliphatic carbocycles. The molecule has 0 heterocycles. The molecule has 0 saturated heterocycles. The number of carbonyl (C=O) groups excluding carboxylic acids is 2. The van der Waals surface area contributed by atoms with Gasteiger partial charge in [0.2, 0.25) is 5.91 Å². The standard InChI is InChI=1S/C17H23N5O6/c1-8(2)13(16(27)28)22-15(26)11(7-12(23)24)21-14(25)9-3-5-10(6-4-9)20-17(18)19/h3-6,8,11,13H,7H2,1-2H3,(H,21,25)(H,22,26)(H,23,24)(H,27,28)(H4,18,19,20)/t11-,13-/m0/s1. The first-order valence-electron chi connectivity index (χ1n) is 8.28. The number of hydrogen-bond acceptors (Lipinski definition) is 5. The van der Waals surface area contributed by atoms with Crippen LogP contribution in [-0.4, -0.2) is 52.0 Å². The maximum atomic E-state index is 12.3. The third kappa shape index (κ3) is 6.94. The lowest BCUT2D eigenvalue weighted by molar-refractivity contribution is -0.144. The Balaban J connectivity index is 2.91. The minimum atomic E-state index is -1.46. The average Bonchev–Trinajstić information content (AvgIpc) is 2.57. The molecule has 0 bridgehead atoms. The van der Waals surface area contributed by atoms with Crippen LogP contribution in [0.15, 0.2) is 24.3 Å². The highest BCUT2D eigenvalue weighted by atomic mass is 16.4. The average molecular weight is 393 g/mol. The summed E-state index contributed by atoms with van der Waals surface area (Å²) in [4.78, 5) is 47.0. The fourth-order valence-corrected chi connectivity index (χ4v) is 2.25. The lowest BCUT2D eigenvalue weighted by Gasteiger charge is -2.22. The predicted molar refractivity (Wildman–Crippen MR) is 99.9 cm³/mol. The van der Waals surface area contributed by atoms with E-state index in [1.165, 1.54) is 24.3 Å². The summed E-state index contributed by atoms with van der Waals surface area (Å²) >= 11 is 0. The van der Waals surface area contributed by atoms with E-state index in [1.54, 1.807) is 13.8 Å². The smallest absolute Gasteiger partial charge is 0.326 e. The summed E-state index contributed by atoms with van der Waals surface area (Å²) in [6.07, 6.45) is -0.716. The van der Waals surface area contributed by atoms with E-state index >= 15 is 0 Å². The minimum absolute atomic E-state index is 0.135. The predicted octanol–water partition coefficient (Wildman–Crippen LogP) is -0.210. The van der Waals surface area contributed by atoms with Gasteiger partial charge in [-0.3, -0.25) is 19.8 Å². The number of rotatable bonds is 9. The zero-order chi connectivity index (χ0) is 21.4. The van der Waals surface area contributed by atoms with Gasteiger partial charge in [-0.15, -0.1) is 0 Å². The van der Waals surface area contributed by atoms with Crippen LogP contribution >= 0.6 is 0 Å². The number of anilines is 1. The summed E-state index contributed by atoms with van der Waals surface area (Å²) in [5.41, 5.74) is 5.80. The Bertz CT molecular complexity index is 762. The highest BCUT2D eigenvalue weighted by Gasteiger charge is 2.30. The first kappa shape index (κ1) is 22.4. The number of carbonyl (C=O) groups is 4. The Morgan fingerprint density at radius 1 is 1.07 bits per heavy atom. The number of carboxylic acid groups (broad SMARTS) is 2. The molecule has 1 rings (SSSR count). The van der Waals surface area contributed by atoms with E-state index in [9.17, 15) is 19.2 Å². The SMILES string of the molecule is CC(C)[C@H](NC(=O)[C@H](CC(=O)O)NC(=O)c1ccc(NC(=N)N)cc1)C(=O)O. The Morgan fingerprint density at radius 2 is 1.64 bits per heavy atom. The molecule has 0 radical (unpaired) electrons. The molecule has 0 aliphatic heterocycles. The van der Waals surface area contributed by atoms with Gasteiger partial charge in [-0.05, 0) is 30.2 Å². The maximum Gasteiger partial charge on any atom is 0.326 e. The van der Waals surface area contributed by atoms with Crippen molar-refractivity contribution in [2.45, 2.75) is 32.4 Å². The molecule has 0 spiro atoms. The summed E-state index contributed by atoms with van der Waals surface area (Å²) < 4.78 is 0. The summed E-state index contributed by atoms with van der Waals surface area (Å²) in [5.74, 6) is -4.95. The zero-order valence-electron chi connectivity index (χ0n) is 15.4. The van der Waals surface area contributed by atoms with Crippen LogP contribution in [0.25, 0.3) is 0 Å². The van der Waals surface area contributed by atoms with Gasteiger partial charge in [0, 0.05) is 11.3 Å². The van der Waals surface area contributed by atoms with E-state index in [0.29, 0.717) is 5.69 Å². The Labute approximate surface area is 160 Å². The first-order valence-corrected chi connectivity index (χ1v) is 8.28. The molecule has 0 aromatic heterocycles. The number of nitrogens with two attached hydrogens (primary N) is 1. The molecule has 2 amide bonds. The van der Waals surface area contributed by atoms with Gasteiger partial charge in [0.25, 0.3) is 5.91 Å². The van der Waals surface area contributed by atoms with Crippen molar-refractivity contribution in [3.63, 3.8) is 0 Å². The highest BCUT2D eigenvalue weighted by molar-refractivity contribution is 5.99. The molecule has 11 heteroatoms. The van der Waals surface area contributed by atoms with Gasteiger partial charge in [0.05, 0.1) is 6.42 Å². The quantitative estimate of drug-likeness (QED) is 0.221. The molecule has 11 nitrogen and oxygen atoms in total. The van der Waals surface area contributed by atoms with E-state index in [0.717, 1.165) is 0 Å². The monoisotopic (exact) mass is 393 g/mol. The highest BCUT2D eigenvalue weighted by Crippen LogP contribution is 2.10. The van der Waals surface area contributed by atoms with Gasteiger partial charge in [0.1, 0.15) is 12.1 Å². The fraction of sp³-hybridized carbons (Fsp3) is 0.353. The van der Waals surface area contributed by atoms with E-state index in [2.05, 4.69) is 16.0 Å². The zero-order valence-corrected chi connectivity index (χ0v) is 15.4. The number of guanidine groups is 1. The van der Waals surface area contributed by atoms with Crippen molar-refractivity contribution < 1.29 is 29.4 Å². The van der Waals surface area contributed by atoms with Gasteiger partial charge in [0.15, 0.2) is 5.96 Å². The first-order chi connectivity index (χ1) is 13.0. The second kappa shape index (κ2) is 9.90. The van der Waals surface area contributed by atoms with E-state index in [4.69, 9.17) is 21.4 Å². The molecule has 0 fully saturated rings. The minimum Gasteiger partial charge on any atom is -0.481 e. The third-order valence-corrected chi connectivity index (χ3v) is 3.66. The maximum absolute atomic E-state index is 12.3. The molecule has 1 aromatic rings. The van der Waals surface area contributed by atoms with E-state index < -0.39 is 48.2 Å². The van der Waals surface area contributed by atoms with Gasteiger partial charge in [-0.1, -0.05) is 13.8 Å². The number of nitrogens with one attached hydrogen (secondary N) is 4. The van der Waals surface area contributed by atoms with Gasteiger partial charge in [-0.25, -0.2) is 4.79 Å². The second-order valence-corrected chi connectivity index (χ2v) is 6.31. The molecule has 0 saturated carbocycles. The van der Waals surface area contributed by atoms with Gasteiger partial charge >= 0.3 is 11.9 Å². The van der Waals surface area contributed by atoms with Crippen molar-refractivity contribution in [1.82, 2.24) is 10.6 Å². The van der Waals surface area contributed by atoms with Crippen molar-refractivity contribution in [2.24, 2.45) is 11.7 Å². The number of benzene rings is 1. The Hall–Kier alpha value is -3.63. The molecule has 28 heavy (non-hydrogen) atoms. The van der Waals surface area contributed by atoms with Crippen molar-refractivity contribution >= 4 is 35.4 Å². The molecule has 0 aliphatic rings. The van der Waals surface area contributed by atoms with Crippen molar-refractivity contribution in [2.75, 3.05) is 5.32 Å². The molecule has 2 atom stereocenters. The van der Waals surface area contributed by atoms with Gasteiger partial charge < -0.3 is 31.9 Å². The Morgan fingerprint density at radius 3 is 2.07 bits per heavy atom. The van der Waals surface area contributed by atoms with Crippen LogP contribution in [0.1, 0.15) is 30.6 Å². The fourth-order valence-electron chi connectivity index (χ4n) is 2.25. The van der Waals surface area contributed by atoms with Crippen LogP contribution in [-0.2, 0) is 14.4 Å². The normalized spacial score (nSPS) is 12.5. The Kier molecular flexibility index (Phi) is 7.92. The topological polar surface area (TPSA) is 195 Å². The molecule has 1 aromatic carbocycles. The molecular formula is C17H23N5O6. The van der Waals surface area contributed by atoms with E-state index in [-0.39, 0.29) is 11.5 Å². The molecule has 8 N–H and O–H groups in total. The summed E-state index contributed by atoms with van der Waals surface area (Å²) in [5, 5.41) is 32.4. The molecule has 152 valence electrons. The van der Waals surface area contributed by atoms with Crippen LogP contribution < -0.4 is 21.7 Å². The summed E-state index contributed by atoms with van der Waals surface area (Å²) in [7, 11) is 0. The summed E-state index contributed by atoms with van der Waals surface area (Å²) in [6.45, 7) is 3.17. The largest absolute Gasteiger partial charge is 0.481 e. The van der Waals surface area contributed by atoms with E-state index in [1.807, 2.05) is 0 Å². The van der Waals surface area contributed by atoms with Crippen molar-refractivity contribution in [3.8, 4) is 0 Å². The van der Waals surface area contributed by atoms with Crippen LogP contribution in [0.4, 0.5) is 5.69 Å². The van der Waals surface area contributed by atoms with Crippen molar-refractivity contribution in [3.05, 3.63) is 29.8 Å². The van der Waals surface area contributed by atoms with Gasteiger partial charge in [-0.2, -0.15) is 0 Å². The van der Waals surface area contributed by atoms with Crippen LogP contribution in [0.3, 0.4) is 0 Å². The van der Waals surface area contributed by atoms with Crippen LogP contribution in [0.2, 0.25) is 0 Å². The lowest BCUT2D eigenvalue weighted by Crippen LogP contribution is -2.53. The van der Waals surface area contributed by atoms with Crippen molar-refractivity contribution in [1.29, 1.82) is 5.41 Å².